The lowest BCUT2D eigenvalue weighted by atomic mass is 9.93. The van der Waals surface area contributed by atoms with Gasteiger partial charge in [-0.15, -0.1) is 0 Å². The van der Waals surface area contributed by atoms with E-state index in [0.717, 1.165) is 23.1 Å². The lowest BCUT2D eigenvalue weighted by molar-refractivity contribution is -0.256. The number of alkyl halides is 3. The fourth-order valence-corrected chi connectivity index (χ4v) is 4.42. The molecule has 1 unspecified atom stereocenters. The zero-order valence-corrected chi connectivity index (χ0v) is 18.0. The summed E-state index contributed by atoms with van der Waals surface area (Å²) < 4.78 is 79.5. The fourth-order valence-electron chi connectivity index (χ4n) is 4.42. The van der Waals surface area contributed by atoms with Crippen molar-refractivity contribution in [2.45, 2.75) is 24.5 Å². The monoisotopic (exact) mass is 491 g/mol. The summed E-state index contributed by atoms with van der Waals surface area (Å²) in [5.74, 6) is -4.92. The van der Waals surface area contributed by atoms with Crippen molar-refractivity contribution in [2.75, 3.05) is 18.1 Å². The van der Waals surface area contributed by atoms with Gasteiger partial charge in [-0.05, 0) is 47.9 Å². The quantitative estimate of drug-likeness (QED) is 0.503. The average molecular weight is 491 g/mol. The number of carbonyl (C=O) groups excluding carboxylic acids is 1. The van der Waals surface area contributed by atoms with Crippen molar-refractivity contribution in [3.05, 3.63) is 94.6 Å². The third-order valence-electron chi connectivity index (χ3n) is 6.04. The molecule has 3 aromatic rings. The molecule has 1 amide bonds. The van der Waals surface area contributed by atoms with Crippen LogP contribution in [0.3, 0.4) is 0 Å². The molecule has 35 heavy (non-hydrogen) atoms. The van der Waals surface area contributed by atoms with Crippen LogP contribution in [0.1, 0.15) is 34.8 Å². The number of benzene rings is 3. The lowest BCUT2D eigenvalue weighted by Gasteiger charge is -2.32. The van der Waals surface area contributed by atoms with Gasteiger partial charge in [0.05, 0.1) is 30.2 Å². The second kappa shape index (κ2) is 8.40. The molecule has 2 heterocycles. The molecule has 0 radical (unpaired) electrons. The molecular formula is C25H18F5NO4. The standard InChI is InChI=1S/C25H18F5NO4/c26-19-8-7-15(13-20(19)27)31-21-9-6-14(12-18(21)24(23(31)33)34-10-3-11-35-24)22(32)16-4-1-2-5-17(16)25(28,29)30/h1-2,4-9,12-13,22,32H,3,10-11H2. The number of hydrogen-bond acceptors (Lipinski definition) is 4. The van der Waals surface area contributed by atoms with Crippen LogP contribution in [0.15, 0.2) is 60.7 Å². The number of nitrogens with zero attached hydrogens (tertiary/aromatic N) is 1. The Labute approximate surface area is 196 Å². The Morgan fingerprint density at radius 3 is 2.34 bits per heavy atom. The number of aliphatic hydroxyl groups excluding tert-OH is 1. The van der Waals surface area contributed by atoms with Crippen LogP contribution < -0.4 is 4.90 Å². The first-order chi connectivity index (χ1) is 16.6. The number of carbonyl (C=O) groups is 1. The summed E-state index contributed by atoms with van der Waals surface area (Å²) in [4.78, 5) is 14.6. The number of ether oxygens (including phenoxy) is 2. The Kier molecular flexibility index (Phi) is 5.62. The van der Waals surface area contributed by atoms with Crippen molar-refractivity contribution in [1.29, 1.82) is 0 Å². The molecule has 5 rings (SSSR count). The maximum absolute atomic E-state index is 14.0. The molecule has 10 heteroatoms. The molecule has 1 spiro atoms. The van der Waals surface area contributed by atoms with Crippen LogP contribution in [0.2, 0.25) is 0 Å². The minimum Gasteiger partial charge on any atom is -0.384 e. The van der Waals surface area contributed by atoms with Gasteiger partial charge in [0.15, 0.2) is 11.6 Å². The van der Waals surface area contributed by atoms with E-state index >= 15 is 0 Å². The van der Waals surface area contributed by atoms with Crippen molar-refractivity contribution in [3.8, 4) is 0 Å². The Hall–Kier alpha value is -3.34. The summed E-state index contributed by atoms with van der Waals surface area (Å²) in [6, 6.07) is 11.7. The topological polar surface area (TPSA) is 59.0 Å². The van der Waals surface area contributed by atoms with E-state index in [2.05, 4.69) is 0 Å². The number of amides is 1. The molecule has 2 aliphatic rings. The normalized spacial score (nSPS) is 18.1. The van der Waals surface area contributed by atoms with Crippen LogP contribution in [0.4, 0.5) is 33.3 Å². The maximum atomic E-state index is 14.0. The third-order valence-corrected chi connectivity index (χ3v) is 6.04. The van der Waals surface area contributed by atoms with Gasteiger partial charge in [-0.2, -0.15) is 13.2 Å². The van der Waals surface area contributed by atoms with Gasteiger partial charge in [0.25, 0.3) is 11.7 Å². The highest BCUT2D eigenvalue weighted by molar-refractivity contribution is 6.11. The first-order valence-corrected chi connectivity index (χ1v) is 10.7. The Morgan fingerprint density at radius 2 is 1.66 bits per heavy atom. The van der Waals surface area contributed by atoms with Gasteiger partial charge in [0.2, 0.25) is 0 Å². The van der Waals surface area contributed by atoms with Gasteiger partial charge in [0.1, 0.15) is 6.10 Å². The summed E-state index contributed by atoms with van der Waals surface area (Å²) in [7, 11) is 0. The highest BCUT2D eigenvalue weighted by Crippen LogP contribution is 2.49. The van der Waals surface area contributed by atoms with E-state index in [1.807, 2.05) is 0 Å². The van der Waals surface area contributed by atoms with Crippen LogP contribution in [-0.4, -0.2) is 24.2 Å². The summed E-state index contributed by atoms with van der Waals surface area (Å²) in [6.45, 7) is 0.307. The Balaban J connectivity index is 1.64. The van der Waals surface area contributed by atoms with Crippen molar-refractivity contribution in [3.63, 3.8) is 0 Å². The number of fused-ring (bicyclic) bond motifs is 2. The maximum Gasteiger partial charge on any atom is 0.416 e. The molecule has 0 saturated carbocycles. The molecule has 1 saturated heterocycles. The molecule has 1 atom stereocenters. The van der Waals surface area contributed by atoms with E-state index in [0.29, 0.717) is 6.42 Å². The van der Waals surface area contributed by atoms with Gasteiger partial charge >= 0.3 is 6.18 Å². The van der Waals surface area contributed by atoms with Crippen molar-refractivity contribution in [1.82, 2.24) is 0 Å². The smallest absolute Gasteiger partial charge is 0.384 e. The summed E-state index contributed by atoms with van der Waals surface area (Å²) in [5.41, 5.74) is -0.914. The number of halogens is 5. The first-order valence-electron chi connectivity index (χ1n) is 10.7. The Bertz CT molecular complexity index is 1300. The number of hydrogen-bond donors (Lipinski definition) is 1. The van der Waals surface area contributed by atoms with Gasteiger partial charge in [0, 0.05) is 11.6 Å². The third kappa shape index (κ3) is 3.78. The fraction of sp³-hybridized carbons (Fsp3) is 0.240. The summed E-state index contributed by atoms with van der Waals surface area (Å²) >= 11 is 0. The van der Waals surface area contributed by atoms with E-state index in [4.69, 9.17) is 9.47 Å². The van der Waals surface area contributed by atoms with Crippen molar-refractivity contribution < 1.29 is 41.3 Å². The van der Waals surface area contributed by atoms with Crippen LogP contribution in [0.5, 0.6) is 0 Å². The van der Waals surface area contributed by atoms with E-state index in [-0.39, 0.29) is 41.3 Å². The first kappa shape index (κ1) is 23.4. The van der Waals surface area contributed by atoms with Gasteiger partial charge in [-0.1, -0.05) is 24.3 Å². The summed E-state index contributed by atoms with van der Waals surface area (Å²) in [6.07, 6.45) is -5.87. The van der Waals surface area contributed by atoms with E-state index in [1.165, 1.54) is 42.5 Å². The molecule has 0 aliphatic carbocycles. The molecule has 2 aliphatic heterocycles. The van der Waals surface area contributed by atoms with Crippen LogP contribution in [-0.2, 0) is 26.2 Å². The molecule has 0 aromatic heterocycles. The molecular weight excluding hydrogens is 473 g/mol. The minimum atomic E-state index is -4.69. The lowest BCUT2D eigenvalue weighted by Crippen LogP contribution is -2.46. The van der Waals surface area contributed by atoms with Crippen molar-refractivity contribution >= 4 is 17.3 Å². The predicted octanol–water partition coefficient (Wildman–Crippen LogP) is 5.33. The second-order valence-corrected chi connectivity index (χ2v) is 8.17. The second-order valence-electron chi connectivity index (χ2n) is 8.17. The van der Waals surface area contributed by atoms with E-state index in [9.17, 15) is 31.9 Å². The van der Waals surface area contributed by atoms with Crippen LogP contribution in [0.25, 0.3) is 0 Å². The minimum absolute atomic E-state index is 0.0144. The van der Waals surface area contributed by atoms with E-state index < -0.39 is 41.2 Å². The van der Waals surface area contributed by atoms with Gasteiger partial charge in [-0.25, -0.2) is 8.78 Å². The molecule has 3 aromatic carbocycles. The molecule has 1 fully saturated rings. The largest absolute Gasteiger partial charge is 0.416 e. The van der Waals surface area contributed by atoms with E-state index in [1.54, 1.807) is 0 Å². The zero-order valence-electron chi connectivity index (χ0n) is 18.0. The molecule has 1 N–H and O–H groups in total. The van der Waals surface area contributed by atoms with Gasteiger partial charge < -0.3 is 14.6 Å². The number of anilines is 2. The highest BCUT2D eigenvalue weighted by atomic mass is 19.4. The molecule has 182 valence electrons. The van der Waals surface area contributed by atoms with Crippen LogP contribution in [0, 0.1) is 11.6 Å². The SMILES string of the molecule is O=C1N(c2ccc(F)c(F)c2)c2ccc(C(O)c3ccccc3C(F)(F)F)cc2C12OCCCO2. The van der Waals surface area contributed by atoms with Crippen LogP contribution >= 0.6 is 0 Å². The number of aliphatic hydroxyl groups is 1. The number of rotatable bonds is 3. The predicted molar refractivity (Wildman–Crippen MR) is 114 cm³/mol. The highest BCUT2D eigenvalue weighted by Gasteiger charge is 2.55. The summed E-state index contributed by atoms with van der Waals surface area (Å²) in [5, 5.41) is 10.9. The zero-order chi connectivity index (χ0) is 25.0. The average Bonchev–Trinajstić information content (AvgIpc) is 3.07. The Morgan fingerprint density at radius 1 is 0.943 bits per heavy atom. The van der Waals surface area contributed by atoms with Crippen molar-refractivity contribution in [2.24, 2.45) is 0 Å². The van der Waals surface area contributed by atoms with Gasteiger partial charge in [-0.3, -0.25) is 9.69 Å². The molecule has 5 nitrogen and oxygen atoms in total. The molecule has 0 bridgehead atoms.